The van der Waals surface area contributed by atoms with Gasteiger partial charge in [0.25, 0.3) is 11.8 Å². The molecule has 0 radical (unpaired) electrons. The van der Waals surface area contributed by atoms with Gasteiger partial charge in [-0.25, -0.2) is 14.8 Å². The Labute approximate surface area is 328 Å². The summed E-state index contributed by atoms with van der Waals surface area (Å²) in [5.41, 5.74) is 4.83. The molecule has 1 aromatic carbocycles. The normalized spacial score (nSPS) is 21.5. The van der Waals surface area contributed by atoms with Crippen molar-refractivity contribution in [3.05, 3.63) is 57.7 Å². The minimum absolute atomic E-state index is 0.0831. The molecule has 3 atom stereocenters. The topological polar surface area (TPSA) is 165 Å². The van der Waals surface area contributed by atoms with Crippen molar-refractivity contribution >= 4 is 45.4 Å². The molecule has 0 bridgehead atoms. The van der Waals surface area contributed by atoms with Gasteiger partial charge in [0.15, 0.2) is 5.01 Å². The van der Waals surface area contributed by atoms with Crippen molar-refractivity contribution in [2.24, 2.45) is 17.3 Å². The second-order valence-electron chi connectivity index (χ2n) is 16.6. The number of alkyl halides is 3. The molecule has 2 amide bonds. The number of fused-ring (bicyclic) bond motifs is 2. The number of nitrogens with one attached hydrogen (secondary N) is 2. The standard InChI is InChI=1S/C38H50N6O4S.C2HF3O2/c1-38(2,3)27-7-10-30-26(20-27)21-32-35(41-30)49-36(42-32)34(46)40-31(14-17-43-15-11-23(12-16-43)37(47)48)24-5-4-6-25(19-24)33(45)39-28-13-18-44(22-28)29-8-9-29;3-2(4,5)1(6)7/h4-6,19,21,23,27-29,31H,7-18,20,22H2,1-3H3,(H,39,45)(H,40,46)(H,47,48);(H,6,7)/t27-,28?,31+;/m0./s1. The molecule has 3 aromatic rings. The lowest BCUT2D eigenvalue weighted by molar-refractivity contribution is -0.192. The van der Waals surface area contributed by atoms with E-state index in [1.165, 1.54) is 29.7 Å². The lowest BCUT2D eigenvalue weighted by Gasteiger charge is -2.34. The van der Waals surface area contributed by atoms with Crippen LogP contribution in [0.5, 0.6) is 0 Å². The fourth-order valence-corrected chi connectivity index (χ4v) is 8.79. The lowest BCUT2D eigenvalue weighted by atomic mass is 9.71. The molecule has 0 spiro atoms. The van der Waals surface area contributed by atoms with Crippen molar-refractivity contribution in [2.75, 3.05) is 32.7 Å². The van der Waals surface area contributed by atoms with Gasteiger partial charge in [0.2, 0.25) is 0 Å². The lowest BCUT2D eigenvalue weighted by Crippen LogP contribution is -2.39. The highest BCUT2D eigenvalue weighted by molar-refractivity contribution is 7.19. The highest BCUT2D eigenvalue weighted by atomic mass is 32.1. The number of aromatic nitrogens is 2. The van der Waals surface area contributed by atoms with E-state index in [2.05, 4.69) is 47.3 Å². The first kappa shape index (κ1) is 41.5. The molecule has 3 fully saturated rings. The van der Waals surface area contributed by atoms with Crippen molar-refractivity contribution in [2.45, 2.75) is 103 Å². The summed E-state index contributed by atoms with van der Waals surface area (Å²) in [5, 5.41) is 23.5. The number of amides is 2. The number of piperidine rings is 1. The molecular weight excluding hydrogens is 750 g/mol. The van der Waals surface area contributed by atoms with Crippen LogP contribution in [0.15, 0.2) is 30.3 Å². The van der Waals surface area contributed by atoms with Gasteiger partial charge < -0.3 is 25.7 Å². The number of hydrogen-bond donors (Lipinski definition) is 4. The van der Waals surface area contributed by atoms with Gasteiger partial charge >= 0.3 is 18.1 Å². The predicted octanol–water partition coefficient (Wildman–Crippen LogP) is 6.10. The molecule has 2 saturated heterocycles. The van der Waals surface area contributed by atoms with E-state index in [1.807, 2.05) is 24.3 Å². The van der Waals surface area contributed by atoms with E-state index in [-0.39, 0.29) is 35.2 Å². The average Bonchev–Trinajstić information content (AvgIpc) is 3.75. The Morgan fingerprint density at radius 2 is 1.66 bits per heavy atom. The summed E-state index contributed by atoms with van der Waals surface area (Å²) in [6.45, 7) is 11.0. The number of carbonyl (C=O) groups excluding carboxylic acids is 2. The number of carbonyl (C=O) groups is 4. The minimum Gasteiger partial charge on any atom is -0.481 e. The number of hydrogen-bond acceptors (Lipinski definition) is 9. The number of likely N-dealkylation sites (tertiary alicyclic amines) is 2. The van der Waals surface area contributed by atoms with Crippen LogP contribution in [0, 0.1) is 17.3 Å². The number of nitrogens with zero attached hydrogens (tertiary/aromatic N) is 4. The number of halogens is 3. The Morgan fingerprint density at radius 1 is 0.946 bits per heavy atom. The van der Waals surface area contributed by atoms with E-state index in [9.17, 15) is 32.7 Å². The van der Waals surface area contributed by atoms with Gasteiger partial charge in [-0.3, -0.25) is 19.3 Å². The molecule has 4 aliphatic rings. The Kier molecular flexibility index (Phi) is 12.7. The van der Waals surface area contributed by atoms with E-state index in [1.54, 1.807) is 0 Å². The van der Waals surface area contributed by atoms with Crippen molar-refractivity contribution in [1.29, 1.82) is 0 Å². The summed E-state index contributed by atoms with van der Waals surface area (Å²) < 4.78 is 31.7. The third-order valence-corrected chi connectivity index (χ3v) is 12.5. The molecule has 2 aromatic heterocycles. The summed E-state index contributed by atoms with van der Waals surface area (Å²) in [6.07, 6.45) is 3.34. The molecule has 1 saturated carbocycles. The first-order chi connectivity index (χ1) is 26.4. The zero-order valence-electron chi connectivity index (χ0n) is 32.0. The maximum absolute atomic E-state index is 13.9. The average molecular weight is 801 g/mol. The molecule has 2 aliphatic carbocycles. The number of carboxylic acids is 2. The van der Waals surface area contributed by atoms with E-state index < -0.39 is 18.1 Å². The van der Waals surface area contributed by atoms with Gasteiger partial charge in [-0.15, -0.1) is 0 Å². The monoisotopic (exact) mass is 800 g/mol. The van der Waals surface area contributed by atoms with Crippen LogP contribution in [-0.4, -0.2) is 105 Å². The van der Waals surface area contributed by atoms with Crippen molar-refractivity contribution < 1.29 is 42.6 Å². The zero-order chi connectivity index (χ0) is 40.4. The SMILES string of the molecule is CC(C)(C)[C@H]1CCc2nc3sc(C(=O)N[C@H](CCN4CCC(C(=O)O)CC4)c4cccc(C(=O)NC5CCN(C6CC6)C5)c4)nc3cc2C1.O=C(O)C(F)(F)F. The molecule has 56 heavy (non-hydrogen) atoms. The van der Waals surface area contributed by atoms with Crippen LogP contribution < -0.4 is 10.6 Å². The second-order valence-corrected chi connectivity index (χ2v) is 17.6. The van der Waals surface area contributed by atoms with Gasteiger partial charge in [-0.05, 0) is 112 Å². The number of benzene rings is 1. The minimum atomic E-state index is -5.08. The van der Waals surface area contributed by atoms with Crippen molar-refractivity contribution in [3.8, 4) is 0 Å². The molecule has 1 unspecified atom stereocenters. The summed E-state index contributed by atoms with van der Waals surface area (Å²) in [6, 6.07) is 10.2. The van der Waals surface area contributed by atoms with Crippen LogP contribution in [0.25, 0.3) is 10.3 Å². The first-order valence-electron chi connectivity index (χ1n) is 19.4. The molecule has 2 aliphatic heterocycles. The number of carboxylic acid groups (broad SMARTS) is 2. The fraction of sp³-hybridized carbons (Fsp3) is 0.600. The quantitative estimate of drug-likeness (QED) is 0.188. The zero-order valence-corrected chi connectivity index (χ0v) is 32.8. The molecule has 12 nitrogen and oxygen atoms in total. The second kappa shape index (κ2) is 17.1. The van der Waals surface area contributed by atoms with Crippen LogP contribution in [-0.2, 0) is 22.4 Å². The van der Waals surface area contributed by atoms with Gasteiger partial charge in [0.1, 0.15) is 10.3 Å². The number of aryl methyl sites for hydroxylation is 1. The number of pyridine rings is 1. The summed E-state index contributed by atoms with van der Waals surface area (Å²) in [4.78, 5) is 62.9. The van der Waals surface area contributed by atoms with Gasteiger partial charge in [-0.1, -0.05) is 44.2 Å². The summed E-state index contributed by atoms with van der Waals surface area (Å²) in [5.74, 6) is -3.52. The van der Waals surface area contributed by atoms with Crippen LogP contribution in [0.3, 0.4) is 0 Å². The highest BCUT2D eigenvalue weighted by Crippen LogP contribution is 2.38. The Morgan fingerprint density at radius 3 is 2.30 bits per heavy atom. The first-order valence-corrected chi connectivity index (χ1v) is 20.3. The molecular formula is C40H51F3N6O6S. The van der Waals surface area contributed by atoms with Crippen molar-refractivity contribution in [1.82, 2.24) is 30.4 Å². The van der Waals surface area contributed by atoms with Gasteiger partial charge in [-0.2, -0.15) is 13.2 Å². The summed E-state index contributed by atoms with van der Waals surface area (Å²) in [7, 11) is 0. The molecule has 7 rings (SSSR count). The fourth-order valence-electron chi connectivity index (χ4n) is 7.95. The number of thiazole rings is 1. The van der Waals surface area contributed by atoms with Crippen LogP contribution in [0.4, 0.5) is 13.2 Å². The number of rotatable bonds is 10. The van der Waals surface area contributed by atoms with Crippen LogP contribution >= 0.6 is 11.3 Å². The maximum Gasteiger partial charge on any atom is 0.490 e. The Hall–Kier alpha value is -4.15. The van der Waals surface area contributed by atoms with E-state index in [0.29, 0.717) is 61.4 Å². The molecule has 4 N–H and O–H groups in total. The van der Waals surface area contributed by atoms with E-state index in [4.69, 9.17) is 19.9 Å². The predicted molar refractivity (Wildman–Crippen MR) is 205 cm³/mol. The maximum atomic E-state index is 13.9. The molecule has 304 valence electrons. The Balaban J connectivity index is 0.000000695. The van der Waals surface area contributed by atoms with Gasteiger partial charge in [0, 0.05) is 43.0 Å². The highest BCUT2D eigenvalue weighted by Gasteiger charge is 2.38. The number of aliphatic carboxylic acids is 2. The smallest absolute Gasteiger partial charge is 0.481 e. The molecule has 16 heteroatoms. The van der Waals surface area contributed by atoms with Crippen molar-refractivity contribution in [3.63, 3.8) is 0 Å². The van der Waals surface area contributed by atoms with E-state index >= 15 is 0 Å². The third kappa shape index (κ3) is 10.6. The largest absolute Gasteiger partial charge is 0.490 e. The van der Waals surface area contributed by atoms with Crippen LogP contribution in [0.1, 0.15) is 109 Å². The summed E-state index contributed by atoms with van der Waals surface area (Å²) >= 11 is 1.33. The van der Waals surface area contributed by atoms with Gasteiger partial charge in [0.05, 0.1) is 12.0 Å². The molecule has 4 heterocycles. The van der Waals surface area contributed by atoms with E-state index in [0.717, 1.165) is 60.4 Å². The third-order valence-electron chi connectivity index (χ3n) is 11.6. The Bertz CT molecular complexity index is 1920. The van der Waals surface area contributed by atoms with Crippen LogP contribution in [0.2, 0.25) is 0 Å².